The molecule has 8 heteroatoms. The fraction of sp³-hybridized carbons (Fsp3) is 0.143. The number of nitrogens with zero attached hydrogens (tertiary/aromatic N) is 2. The number of benzene rings is 2. The molecule has 1 heterocycles. The lowest BCUT2D eigenvalue weighted by Gasteiger charge is -2.09. The molecule has 3 aromatic rings. The molecule has 0 atom stereocenters. The average Bonchev–Trinajstić information content (AvgIpc) is 2.71. The van der Waals surface area contributed by atoms with Gasteiger partial charge in [0.15, 0.2) is 0 Å². The number of aromatic nitrogens is 1. The number of carbonyl (C=O) groups excluding carboxylic acids is 1. The third-order valence-electron chi connectivity index (χ3n) is 4.11. The number of hydrogen-bond acceptors (Lipinski definition) is 7. The van der Waals surface area contributed by atoms with Crippen LogP contribution in [0.1, 0.15) is 18.2 Å². The Morgan fingerprint density at radius 1 is 1.10 bits per heavy atom. The summed E-state index contributed by atoms with van der Waals surface area (Å²) in [5.74, 6) is 0.0789. The Kier molecular flexibility index (Phi) is 5.73. The molecule has 0 saturated heterocycles. The van der Waals surface area contributed by atoms with Crippen LogP contribution in [0.3, 0.4) is 0 Å². The number of carbonyl (C=O) groups is 1. The third-order valence-corrected chi connectivity index (χ3v) is 4.11. The van der Waals surface area contributed by atoms with E-state index in [1.165, 1.54) is 20.1 Å². The smallest absolute Gasteiger partial charge is 0.316 e. The zero-order valence-electron chi connectivity index (χ0n) is 16.0. The van der Waals surface area contributed by atoms with Crippen molar-refractivity contribution in [1.29, 1.82) is 0 Å². The van der Waals surface area contributed by atoms with E-state index in [9.17, 15) is 14.9 Å². The molecule has 0 saturated carbocycles. The second-order valence-corrected chi connectivity index (χ2v) is 6.02. The fourth-order valence-electron chi connectivity index (χ4n) is 2.81. The first kappa shape index (κ1) is 19.8. The van der Waals surface area contributed by atoms with E-state index < -0.39 is 10.9 Å². The minimum absolute atomic E-state index is 0.155. The molecule has 0 amide bonds. The topological polar surface area (TPSA) is 101 Å². The van der Waals surface area contributed by atoms with Gasteiger partial charge in [-0.3, -0.25) is 14.9 Å². The van der Waals surface area contributed by atoms with Crippen molar-refractivity contribution in [3.8, 4) is 17.2 Å². The quantitative estimate of drug-likeness (QED) is 0.266. The maximum atomic E-state index is 11.5. The first-order valence-corrected chi connectivity index (χ1v) is 8.59. The molecule has 0 N–H and O–H groups in total. The van der Waals surface area contributed by atoms with Gasteiger partial charge in [-0.1, -0.05) is 18.2 Å². The van der Waals surface area contributed by atoms with Gasteiger partial charge in [0.1, 0.15) is 17.0 Å². The Morgan fingerprint density at radius 3 is 2.55 bits per heavy atom. The monoisotopic (exact) mass is 394 g/mol. The summed E-state index contributed by atoms with van der Waals surface area (Å²) in [4.78, 5) is 26.8. The molecule has 1 aromatic heterocycles. The third kappa shape index (κ3) is 4.32. The molecule has 0 aliphatic rings. The molecular weight excluding hydrogens is 376 g/mol. The van der Waals surface area contributed by atoms with Crippen LogP contribution in [0.2, 0.25) is 0 Å². The van der Waals surface area contributed by atoms with Crippen LogP contribution >= 0.6 is 0 Å². The Hall–Kier alpha value is -3.94. The van der Waals surface area contributed by atoms with Crippen molar-refractivity contribution < 1.29 is 23.9 Å². The molecule has 2 aromatic carbocycles. The van der Waals surface area contributed by atoms with E-state index in [2.05, 4.69) is 4.98 Å². The second-order valence-electron chi connectivity index (χ2n) is 6.02. The van der Waals surface area contributed by atoms with Crippen LogP contribution in [0.25, 0.3) is 23.1 Å². The normalized spacial score (nSPS) is 10.9. The molecule has 0 fully saturated rings. The van der Waals surface area contributed by atoms with Crippen molar-refractivity contribution >= 4 is 34.7 Å². The zero-order chi connectivity index (χ0) is 21.0. The molecular formula is C21H18N2O6. The number of nitro benzene ring substituents is 1. The van der Waals surface area contributed by atoms with Gasteiger partial charge in [-0.2, -0.15) is 0 Å². The number of esters is 1. The van der Waals surface area contributed by atoms with Gasteiger partial charge in [0.2, 0.25) is 5.75 Å². The molecule has 148 valence electrons. The minimum Gasteiger partial charge on any atom is -0.496 e. The highest BCUT2D eigenvalue weighted by Crippen LogP contribution is 2.37. The van der Waals surface area contributed by atoms with Crippen molar-refractivity contribution in [2.24, 2.45) is 0 Å². The molecule has 0 unspecified atom stereocenters. The lowest BCUT2D eigenvalue weighted by atomic mass is 10.1. The SMILES string of the molecule is COc1cc(/C=C/c2ccc3cccc(OC)c3n2)c(OC(C)=O)c([N+](=O)[O-])c1. The van der Waals surface area contributed by atoms with Gasteiger partial charge >= 0.3 is 11.7 Å². The second kappa shape index (κ2) is 8.39. The van der Waals surface area contributed by atoms with E-state index in [4.69, 9.17) is 14.2 Å². The largest absolute Gasteiger partial charge is 0.496 e. The highest BCUT2D eigenvalue weighted by molar-refractivity contribution is 5.86. The van der Waals surface area contributed by atoms with Gasteiger partial charge in [-0.05, 0) is 30.4 Å². The maximum Gasteiger partial charge on any atom is 0.316 e. The molecule has 29 heavy (non-hydrogen) atoms. The summed E-state index contributed by atoms with van der Waals surface area (Å²) in [5, 5.41) is 12.3. The number of fused-ring (bicyclic) bond motifs is 1. The Morgan fingerprint density at radius 2 is 1.90 bits per heavy atom. The zero-order valence-corrected chi connectivity index (χ0v) is 16.0. The van der Waals surface area contributed by atoms with E-state index in [-0.39, 0.29) is 17.2 Å². The Labute approximate surface area is 166 Å². The lowest BCUT2D eigenvalue weighted by molar-refractivity contribution is -0.385. The highest BCUT2D eigenvalue weighted by Gasteiger charge is 2.22. The minimum atomic E-state index is -0.665. The summed E-state index contributed by atoms with van der Waals surface area (Å²) in [5.41, 5.74) is 1.23. The van der Waals surface area contributed by atoms with Gasteiger partial charge in [0, 0.05) is 17.9 Å². The van der Waals surface area contributed by atoms with Gasteiger partial charge in [0.05, 0.1) is 30.9 Å². The summed E-state index contributed by atoms with van der Waals surface area (Å²) in [7, 11) is 2.97. The van der Waals surface area contributed by atoms with Crippen LogP contribution < -0.4 is 14.2 Å². The van der Waals surface area contributed by atoms with E-state index >= 15 is 0 Å². The predicted molar refractivity (Wildman–Crippen MR) is 108 cm³/mol. The lowest BCUT2D eigenvalue weighted by Crippen LogP contribution is -2.06. The van der Waals surface area contributed by atoms with Gasteiger partial charge in [-0.15, -0.1) is 0 Å². The number of methoxy groups -OCH3 is 2. The molecule has 3 rings (SSSR count). The van der Waals surface area contributed by atoms with Crippen molar-refractivity contribution in [3.05, 3.63) is 63.8 Å². The van der Waals surface area contributed by atoms with Gasteiger partial charge < -0.3 is 14.2 Å². The highest BCUT2D eigenvalue weighted by atomic mass is 16.6. The van der Waals surface area contributed by atoms with E-state index in [1.54, 1.807) is 31.4 Å². The first-order chi connectivity index (χ1) is 13.9. The van der Waals surface area contributed by atoms with Crippen molar-refractivity contribution in [2.75, 3.05) is 14.2 Å². The van der Waals surface area contributed by atoms with E-state index in [0.717, 1.165) is 5.39 Å². The van der Waals surface area contributed by atoms with Crippen molar-refractivity contribution in [2.45, 2.75) is 6.92 Å². The Bertz CT molecular complexity index is 1120. The maximum absolute atomic E-state index is 11.5. The number of pyridine rings is 1. The molecule has 0 aliphatic heterocycles. The Balaban J connectivity index is 2.09. The van der Waals surface area contributed by atoms with E-state index in [1.807, 2.05) is 24.3 Å². The van der Waals surface area contributed by atoms with Crippen LogP contribution in [0.5, 0.6) is 17.2 Å². The number of hydrogen-bond donors (Lipinski definition) is 0. The van der Waals surface area contributed by atoms with Crippen molar-refractivity contribution in [1.82, 2.24) is 4.98 Å². The number of rotatable bonds is 6. The number of nitro groups is 1. The molecule has 0 radical (unpaired) electrons. The van der Waals surface area contributed by atoms with Gasteiger partial charge in [0.25, 0.3) is 0 Å². The predicted octanol–water partition coefficient (Wildman–Crippen LogP) is 4.26. The average molecular weight is 394 g/mol. The van der Waals surface area contributed by atoms with Crippen LogP contribution in [0.4, 0.5) is 5.69 Å². The summed E-state index contributed by atoms with van der Waals surface area (Å²) < 4.78 is 15.6. The fourth-order valence-corrected chi connectivity index (χ4v) is 2.81. The summed E-state index contributed by atoms with van der Waals surface area (Å²) in [6.07, 6.45) is 3.24. The first-order valence-electron chi connectivity index (χ1n) is 8.59. The van der Waals surface area contributed by atoms with Gasteiger partial charge in [-0.25, -0.2) is 4.98 Å². The summed E-state index contributed by atoms with van der Waals surface area (Å²) >= 11 is 0. The molecule has 8 nitrogen and oxygen atoms in total. The molecule has 0 spiro atoms. The van der Waals surface area contributed by atoms with Crippen LogP contribution in [-0.2, 0) is 4.79 Å². The van der Waals surface area contributed by atoms with Crippen LogP contribution in [0, 0.1) is 10.1 Å². The van der Waals surface area contributed by atoms with Crippen LogP contribution in [0.15, 0.2) is 42.5 Å². The summed E-state index contributed by atoms with van der Waals surface area (Å²) in [6, 6.07) is 12.1. The standard InChI is InChI=1S/C21H18N2O6/c1-13(24)29-21-15(11-17(27-2)12-18(21)23(25)26)8-10-16-9-7-14-5-4-6-19(28-3)20(14)22-16/h4-12H,1-3H3/b10-8+. The number of ether oxygens (including phenoxy) is 3. The van der Waals surface area contributed by atoms with E-state index in [0.29, 0.717) is 22.5 Å². The summed E-state index contributed by atoms with van der Waals surface area (Å²) in [6.45, 7) is 1.18. The van der Waals surface area contributed by atoms with Crippen molar-refractivity contribution in [3.63, 3.8) is 0 Å². The molecule has 0 aliphatic carbocycles. The number of para-hydroxylation sites is 1. The molecule has 0 bridgehead atoms. The van der Waals surface area contributed by atoms with Crippen LogP contribution in [-0.4, -0.2) is 30.1 Å².